The van der Waals surface area contributed by atoms with Crippen molar-refractivity contribution in [3.8, 4) is 0 Å². The van der Waals surface area contributed by atoms with Gasteiger partial charge in [-0.15, -0.1) is 11.3 Å². The molecular weight excluding hydrogens is 340 g/mol. The molecule has 0 spiro atoms. The van der Waals surface area contributed by atoms with Crippen LogP contribution in [0.15, 0.2) is 34.5 Å². The van der Waals surface area contributed by atoms with Crippen molar-refractivity contribution in [2.75, 3.05) is 4.72 Å². The number of nitro groups is 1. The summed E-state index contributed by atoms with van der Waals surface area (Å²) in [5.74, 6) is 0. The Balaban J connectivity index is 2.34. The van der Waals surface area contributed by atoms with Crippen molar-refractivity contribution in [3.63, 3.8) is 0 Å². The molecule has 10 heteroatoms. The first-order valence-corrected chi connectivity index (χ1v) is 8.17. The highest BCUT2D eigenvalue weighted by Crippen LogP contribution is 2.36. The van der Waals surface area contributed by atoms with Crippen LogP contribution in [0.4, 0.5) is 11.4 Å². The summed E-state index contributed by atoms with van der Waals surface area (Å²) in [7, 11) is -3.98. The van der Waals surface area contributed by atoms with Gasteiger partial charge in [0.2, 0.25) is 0 Å². The van der Waals surface area contributed by atoms with Gasteiger partial charge in [0, 0.05) is 11.8 Å². The number of aliphatic hydroxyl groups excluding tert-OH is 1. The Morgan fingerprint density at radius 2 is 2.10 bits per heavy atom. The molecule has 112 valence electrons. The van der Waals surface area contributed by atoms with Gasteiger partial charge in [0.05, 0.1) is 11.5 Å². The van der Waals surface area contributed by atoms with E-state index in [2.05, 4.69) is 4.72 Å². The zero-order valence-electron chi connectivity index (χ0n) is 10.3. The molecule has 21 heavy (non-hydrogen) atoms. The molecule has 0 aliphatic heterocycles. The Bertz CT molecular complexity index is 788. The number of aliphatic hydroxyl groups is 1. The van der Waals surface area contributed by atoms with Crippen molar-refractivity contribution in [3.05, 3.63) is 50.3 Å². The van der Waals surface area contributed by atoms with E-state index in [1.807, 2.05) is 0 Å². The maximum absolute atomic E-state index is 12.1. The van der Waals surface area contributed by atoms with E-state index in [1.54, 1.807) is 12.1 Å². The molecule has 0 atom stereocenters. The summed E-state index contributed by atoms with van der Waals surface area (Å²) in [4.78, 5) is 9.94. The average molecular weight is 349 g/mol. The number of halogens is 1. The molecule has 1 aromatic carbocycles. The second-order valence-electron chi connectivity index (χ2n) is 3.95. The van der Waals surface area contributed by atoms with Gasteiger partial charge in [0.1, 0.15) is 4.21 Å². The lowest BCUT2D eigenvalue weighted by Crippen LogP contribution is -2.11. The fourth-order valence-corrected chi connectivity index (χ4v) is 4.25. The number of hydrogen-bond donors (Lipinski definition) is 2. The van der Waals surface area contributed by atoms with E-state index in [-0.39, 0.29) is 20.8 Å². The van der Waals surface area contributed by atoms with Crippen LogP contribution in [0.2, 0.25) is 4.34 Å². The van der Waals surface area contributed by atoms with Gasteiger partial charge in [-0.05, 0) is 17.7 Å². The van der Waals surface area contributed by atoms with Crippen LogP contribution in [0.25, 0.3) is 0 Å². The molecule has 0 fully saturated rings. The minimum atomic E-state index is -3.98. The summed E-state index contributed by atoms with van der Waals surface area (Å²) in [5.41, 5.74) is 0.324. The predicted molar refractivity (Wildman–Crippen MR) is 79.2 cm³/mol. The molecule has 2 rings (SSSR count). The summed E-state index contributed by atoms with van der Waals surface area (Å²) in [6.45, 7) is -0.230. The highest BCUT2D eigenvalue weighted by Gasteiger charge is 2.25. The molecular formula is C11H9ClN2O5S2. The normalized spacial score (nSPS) is 11.3. The molecule has 0 unspecified atom stereocenters. The highest BCUT2D eigenvalue weighted by atomic mass is 35.5. The van der Waals surface area contributed by atoms with Crippen LogP contribution < -0.4 is 4.72 Å². The van der Waals surface area contributed by atoms with Gasteiger partial charge in [-0.25, -0.2) is 8.42 Å². The summed E-state index contributed by atoms with van der Waals surface area (Å²) in [6, 6.07) is 7.07. The summed E-state index contributed by atoms with van der Waals surface area (Å²) in [5, 5.41) is 19.7. The molecule has 0 saturated carbocycles. The fraction of sp³-hybridized carbons (Fsp3) is 0.0909. The molecule has 0 radical (unpaired) electrons. The van der Waals surface area contributed by atoms with Gasteiger partial charge in [-0.2, -0.15) is 0 Å². The molecule has 2 aromatic rings. The average Bonchev–Trinajstić information content (AvgIpc) is 2.81. The first-order chi connectivity index (χ1) is 9.83. The van der Waals surface area contributed by atoms with Gasteiger partial charge in [0.15, 0.2) is 4.34 Å². The summed E-state index contributed by atoms with van der Waals surface area (Å²) in [6.07, 6.45) is 0. The minimum Gasteiger partial charge on any atom is -0.392 e. The number of hydrogen-bond acceptors (Lipinski definition) is 6. The molecule has 0 aliphatic carbocycles. The van der Waals surface area contributed by atoms with Crippen LogP contribution in [0.3, 0.4) is 0 Å². The van der Waals surface area contributed by atoms with Crippen molar-refractivity contribution >= 4 is 44.3 Å². The van der Waals surface area contributed by atoms with Crippen LogP contribution in [-0.2, 0) is 16.6 Å². The van der Waals surface area contributed by atoms with Crippen LogP contribution >= 0.6 is 22.9 Å². The minimum absolute atomic E-state index is 0.204. The van der Waals surface area contributed by atoms with Crippen molar-refractivity contribution in [1.29, 1.82) is 0 Å². The van der Waals surface area contributed by atoms with Crippen molar-refractivity contribution in [2.24, 2.45) is 0 Å². The van der Waals surface area contributed by atoms with E-state index in [4.69, 9.17) is 16.7 Å². The van der Waals surface area contributed by atoms with Gasteiger partial charge >= 0.3 is 0 Å². The third kappa shape index (κ3) is 3.50. The lowest BCUT2D eigenvalue weighted by molar-refractivity contribution is -0.384. The smallest absolute Gasteiger partial charge is 0.300 e. The van der Waals surface area contributed by atoms with E-state index in [0.29, 0.717) is 16.9 Å². The van der Waals surface area contributed by atoms with Crippen molar-refractivity contribution < 1.29 is 18.4 Å². The molecule has 2 N–H and O–H groups in total. The predicted octanol–water partition coefficient (Wildman–Crippen LogP) is 2.60. The Hall–Kier alpha value is -1.68. The zero-order chi connectivity index (χ0) is 15.6. The molecule has 0 bridgehead atoms. The molecule has 1 heterocycles. The maximum Gasteiger partial charge on any atom is 0.300 e. The van der Waals surface area contributed by atoms with E-state index in [9.17, 15) is 18.5 Å². The number of nitrogens with one attached hydrogen (secondary N) is 1. The zero-order valence-corrected chi connectivity index (χ0v) is 12.7. The van der Waals surface area contributed by atoms with Crippen LogP contribution in [0.1, 0.15) is 5.56 Å². The topological polar surface area (TPSA) is 110 Å². The Morgan fingerprint density at radius 3 is 2.67 bits per heavy atom. The third-order valence-electron chi connectivity index (χ3n) is 2.47. The van der Waals surface area contributed by atoms with Gasteiger partial charge in [0.25, 0.3) is 15.7 Å². The second-order valence-corrected chi connectivity index (χ2v) is 7.51. The monoisotopic (exact) mass is 348 g/mol. The quantitative estimate of drug-likeness (QED) is 0.637. The first kappa shape index (κ1) is 15.7. The molecule has 1 aromatic heterocycles. The molecule has 7 nitrogen and oxygen atoms in total. The number of sulfonamides is 1. The largest absolute Gasteiger partial charge is 0.392 e. The second kappa shape index (κ2) is 5.98. The molecule has 0 amide bonds. The van der Waals surface area contributed by atoms with Crippen LogP contribution in [0.5, 0.6) is 0 Å². The van der Waals surface area contributed by atoms with Crippen LogP contribution in [0, 0.1) is 10.1 Å². The van der Waals surface area contributed by atoms with Gasteiger partial charge < -0.3 is 5.11 Å². The standard InChI is InChI=1S/C11H9ClN2O5S2/c12-11-9(14(16)17)5-10(20-11)21(18,19)13-8-3-1-2-7(4-8)6-15/h1-5,13,15H,6H2. The number of benzene rings is 1. The SMILES string of the molecule is O=[N+]([O-])c1cc(S(=O)(=O)Nc2cccc(CO)c2)sc1Cl. The van der Waals surface area contributed by atoms with E-state index < -0.39 is 20.6 Å². The third-order valence-corrected chi connectivity index (χ3v) is 5.66. The highest BCUT2D eigenvalue weighted by molar-refractivity contribution is 7.94. The van der Waals surface area contributed by atoms with E-state index in [1.165, 1.54) is 12.1 Å². The summed E-state index contributed by atoms with van der Waals surface area (Å²) >= 11 is 6.25. The van der Waals surface area contributed by atoms with Crippen LogP contribution in [-0.4, -0.2) is 18.4 Å². The number of rotatable bonds is 5. The summed E-state index contributed by atoms with van der Waals surface area (Å²) < 4.78 is 26.1. The van der Waals surface area contributed by atoms with E-state index >= 15 is 0 Å². The Morgan fingerprint density at radius 1 is 1.38 bits per heavy atom. The van der Waals surface area contributed by atoms with E-state index in [0.717, 1.165) is 6.07 Å². The molecule has 0 aliphatic rings. The Kier molecular flexibility index (Phi) is 4.47. The number of anilines is 1. The fourth-order valence-electron chi connectivity index (χ4n) is 1.53. The van der Waals surface area contributed by atoms with Gasteiger partial charge in [-0.3, -0.25) is 14.8 Å². The Labute approximate surface area is 129 Å². The van der Waals surface area contributed by atoms with Crippen molar-refractivity contribution in [2.45, 2.75) is 10.8 Å². The van der Waals surface area contributed by atoms with Crippen molar-refractivity contribution in [1.82, 2.24) is 0 Å². The lowest BCUT2D eigenvalue weighted by Gasteiger charge is -2.06. The maximum atomic E-state index is 12.1. The van der Waals surface area contributed by atoms with Gasteiger partial charge in [-0.1, -0.05) is 23.7 Å². The number of thiophene rings is 1. The number of nitrogens with zero attached hydrogens (tertiary/aromatic N) is 1. The first-order valence-electron chi connectivity index (χ1n) is 5.50. The molecule has 0 saturated heterocycles. The lowest BCUT2D eigenvalue weighted by atomic mass is 10.2.